The number of carbonyl (C=O) groups is 2. The maximum absolute atomic E-state index is 11.8. The van der Waals surface area contributed by atoms with Crippen LogP contribution in [0.3, 0.4) is 0 Å². The molecule has 0 N–H and O–H groups in total. The summed E-state index contributed by atoms with van der Waals surface area (Å²) >= 11 is 0. The van der Waals surface area contributed by atoms with E-state index in [9.17, 15) is 19.7 Å². The Bertz CT molecular complexity index is 801. The van der Waals surface area contributed by atoms with Crippen LogP contribution >= 0.6 is 0 Å². The Kier molecular flexibility index (Phi) is 5.26. The smallest absolute Gasteiger partial charge is 0.341 e. The Morgan fingerprint density at radius 3 is 2.42 bits per heavy atom. The van der Waals surface area contributed by atoms with Crippen LogP contribution in [0.15, 0.2) is 46.4 Å². The van der Waals surface area contributed by atoms with Gasteiger partial charge in [0.25, 0.3) is 5.69 Å². The van der Waals surface area contributed by atoms with Gasteiger partial charge in [0.15, 0.2) is 5.78 Å². The van der Waals surface area contributed by atoms with Crippen molar-refractivity contribution >= 4 is 23.5 Å². The van der Waals surface area contributed by atoms with Crippen molar-refractivity contribution in [3.8, 4) is 11.3 Å². The van der Waals surface area contributed by atoms with Gasteiger partial charge >= 0.3 is 5.97 Å². The minimum atomic E-state index is -0.710. The first kappa shape index (κ1) is 17.1. The van der Waals surface area contributed by atoms with Gasteiger partial charge in [-0.25, -0.2) is 4.79 Å². The Balaban J connectivity index is 2.28. The third kappa shape index (κ3) is 3.95. The minimum absolute atomic E-state index is 0.0217. The molecular formula is C17H15NO6. The number of ketones is 1. The molecular weight excluding hydrogens is 314 g/mol. The number of carbonyl (C=O) groups excluding carboxylic acids is 2. The van der Waals surface area contributed by atoms with Gasteiger partial charge in [0.2, 0.25) is 0 Å². The first-order valence-corrected chi connectivity index (χ1v) is 7.16. The highest BCUT2D eigenvalue weighted by Crippen LogP contribution is 2.25. The fourth-order valence-electron chi connectivity index (χ4n) is 1.99. The molecule has 0 atom stereocenters. The molecule has 0 saturated heterocycles. The number of Topliss-reactive ketones (excluding diaryl/α,β-unsaturated/α-hetero) is 1. The van der Waals surface area contributed by atoms with Crippen LogP contribution in [0.5, 0.6) is 0 Å². The summed E-state index contributed by atoms with van der Waals surface area (Å²) in [5.41, 5.74) is 0.508. The number of non-ortho nitro benzene ring substituents is 1. The molecule has 1 aromatic carbocycles. The molecule has 7 heteroatoms. The Morgan fingerprint density at radius 2 is 1.88 bits per heavy atom. The molecule has 0 unspecified atom stereocenters. The van der Waals surface area contributed by atoms with E-state index >= 15 is 0 Å². The summed E-state index contributed by atoms with van der Waals surface area (Å²) in [7, 11) is 0. The lowest BCUT2D eigenvalue weighted by Crippen LogP contribution is -2.13. The van der Waals surface area contributed by atoms with Gasteiger partial charge in [-0.2, -0.15) is 0 Å². The average molecular weight is 329 g/mol. The third-order valence-electron chi connectivity index (χ3n) is 3.15. The van der Waals surface area contributed by atoms with E-state index in [1.807, 2.05) is 0 Å². The van der Waals surface area contributed by atoms with Crippen LogP contribution in [0.25, 0.3) is 17.4 Å². The van der Waals surface area contributed by atoms with E-state index in [2.05, 4.69) is 0 Å². The van der Waals surface area contributed by atoms with Gasteiger partial charge in [-0.3, -0.25) is 14.9 Å². The van der Waals surface area contributed by atoms with Crippen LogP contribution in [0.4, 0.5) is 5.69 Å². The highest BCUT2D eigenvalue weighted by atomic mass is 16.6. The van der Waals surface area contributed by atoms with Gasteiger partial charge in [0.1, 0.15) is 17.1 Å². The topological polar surface area (TPSA) is 99.7 Å². The summed E-state index contributed by atoms with van der Waals surface area (Å²) in [5.74, 6) is -0.371. The van der Waals surface area contributed by atoms with Gasteiger partial charge < -0.3 is 9.15 Å². The molecule has 1 heterocycles. The summed E-state index contributed by atoms with van der Waals surface area (Å²) < 4.78 is 10.4. The molecule has 7 nitrogen and oxygen atoms in total. The Morgan fingerprint density at radius 1 is 1.21 bits per heavy atom. The lowest BCUT2D eigenvalue weighted by molar-refractivity contribution is -0.384. The highest BCUT2D eigenvalue weighted by molar-refractivity contribution is 6.19. The van der Waals surface area contributed by atoms with Crippen molar-refractivity contribution in [2.45, 2.75) is 13.8 Å². The van der Waals surface area contributed by atoms with E-state index in [-0.39, 0.29) is 17.9 Å². The number of ether oxygens (including phenoxy) is 1. The fraction of sp³-hybridized carbons (Fsp3) is 0.176. The molecule has 0 amide bonds. The molecule has 1 aromatic heterocycles. The van der Waals surface area contributed by atoms with Crippen LogP contribution < -0.4 is 0 Å². The van der Waals surface area contributed by atoms with Gasteiger partial charge in [-0.15, -0.1) is 0 Å². The number of furan rings is 1. The summed E-state index contributed by atoms with van der Waals surface area (Å²) in [6.45, 7) is 3.08. The average Bonchev–Trinajstić information content (AvgIpc) is 3.01. The second-order valence-corrected chi connectivity index (χ2v) is 4.84. The van der Waals surface area contributed by atoms with Crippen LogP contribution in [0.1, 0.15) is 19.6 Å². The van der Waals surface area contributed by atoms with E-state index in [0.717, 1.165) is 0 Å². The van der Waals surface area contributed by atoms with Crippen molar-refractivity contribution in [2.75, 3.05) is 6.61 Å². The SMILES string of the molecule is CCOC(=O)/C(=C\c1ccc(-c2ccc([N+](=O)[O-])cc2)o1)C(C)=O. The predicted octanol–water partition coefficient (Wildman–Crippen LogP) is 3.39. The lowest BCUT2D eigenvalue weighted by Gasteiger charge is -2.02. The van der Waals surface area contributed by atoms with Gasteiger partial charge in [-0.05, 0) is 44.2 Å². The van der Waals surface area contributed by atoms with E-state index in [1.54, 1.807) is 31.2 Å². The second-order valence-electron chi connectivity index (χ2n) is 4.84. The van der Waals surface area contributed by atoms with Crippen molar-refractivity contribution in [2.24, 2.45) is 0 Å². The molecule has 0 saturated carbocycles. The Hall–Kier alpha value is -3.22. The standard InChI is InChI=1S/C17H15NO6/c1-3-23-17(20)15(11(2)19)10-14-8-9-16(24-14)12-4-6-13(7-5-12)18(21)22/h4-10H,3H2,1-2H3/b15-10-. The van der Waals surface area contributed by atoms with E-state index in [4.69, 9.17) is 9.15 Å². The minimum Gasteiger partial charge on any atom is -0.462 e. The fourth-order valence-corrected chi connectivity index (χ4v) is 1.99. The van der Waals surface area contributed by atoms with Gasteiger partial charge in [0, 0.05) is 17.7 Å². The molecule has 2 aromatic rings. The van der Waals surface area contributed by atoms with Gasteiger partial charge in [0.05, 0.1) is 11.5 Å². The normalized spacial score (nSPS) is 11.2. The van der Waals surface area contributed by atoms with Crippen LogP contribution in [-0.4, -0.2) is 23.3 Å². The zero-order chi connectivity index (χ0) is 17.7. The summed E-state index contributed by atoms with van der Waals surface area (Å²) in [6.07, 6.45) is 1.31. The molecule has 24 heavy (non-hydrogen) atoms. The first-order chi connectivity index (χ1) is 11.4. The van der Waals surface area contributed by atoms with Crippen molar-refractivity contribution in [1.29, 1.82) is 0 Å². The quantitative estimate of drug-likeness (QED) is 0.201. The molecule has 0 bridgehead atoms. The van der Waals surface area contributed by atoms with Crippen molar-refractivity contribution < 1.29 is 23.7 Å². The predicted molar refractivity (Wildman–Crippen MR) is 86.1 cm³/mol. The molecule has 124 valence electrons. The molecule has 0 fully saturated rings. The van der Waals surface area contributed by atoms with E-state index < -0.39 is 16.7 Å². The molecule has 0 aliphatic carbocycles. The van der Waals surface area contributed by atoms with Gasteiger partial charge in [-0.1, -0.05) is 0 Å². The zero-order valence-electron chi connectivity index (χ0n) is 13.1. The summed E-state index contributed by atoms with van der Waals surface area (Å²) in [4.78, 5) is 33.5. The van der Waals surface area contributed by atoms with Crippen molar-refractivity contribution in [3.63, 3.8) is 0 Å². The lowest BCUT2D eigenvalue weighted by atomic mass is 10.1. The summed E-state index contributed by atoms with van der Waals surface area (Å²) in [6, 6.07) is 9.10. The maximum atomic E-state index is 11.8. The number of nitro groups is 1. The summed E-state index contributed by atoms with van der Waals surface area (Å²) in [5, 5.41) is 10.7. The second kappa shape index (κ2) is 7.36. The Labute approximate surface area is 137 Å². The molecule has 0 radical (unpaired) electrons. The number of rotatable bonds is 6. The molecule has 0 aliphatic heterocycles. The maximum Gasteiger partial charge on any atom is 0.341 e. The van der Waals surface area contributed by atoms with Crippen molar-refractivity contribution in [1.82, 2.24) is 0 Å². The molecule has 0 spiro atoms. The molecule has 2 rings (SSSR count). The highest BCUT2D eigenvalue weighted by Gasteiger charge is 2.17. The number of benzene rings is 1. The van der Waals surface area contributed by atoms with Crippen LogP contribution in [-0.2, 0) is 14.3 Å². The monoisotopic (exact) mass is 329 g/mol. The van der Waals surface area contributed by atoms with E-state index in [1.165, 1.54) is 25.1 Å². The largest absolute Gasteiger partial charge is 0.462 e. The number of nitrogens with zero attached hydrogens (tertiary/aromatic N) is 1. The number of nitro benzene ring substituents is 1. The zero-order valence-corrected chi connectivity index (χ0v) is 13.1. The number of hydrogen-bond donors (Lipinski definition) is 0. The first-order valence-electron chi connectivity index (χ1n) is 7.16. The molecule has 0 aliphatic rings. The number of hydrogen-bond acceptors (Lipinski definition) is 6. The van der Waals surface area contributed by atoms with E-state index in [0.29, 0.717) is 17.1 Å². The van der Waals surface area contributed by atoms with Crippen molar-refractivity contribution in [3.05, 3.63) is 57.8 Å². The number of esters is 1. The third-order valence-corrected chi connectivity index (χ3v) is 3.15. The van der Waals surface area contributed by atoms with Crippen LogP contribution in [0.2, 0.25) is 0 Å². The van der Waals surface area contributed by atoms with Crippen LogP contribution in [0, 0.1) is 10.1 Å².